The molecule has 2 rings (SSSR count). The summed E-state index contributed by atoms with van der Waals surface area (Å²) in [5.74, 6) is 0. The van der Waals surface area contributed by atoms with Crippen molar-refractivity contribution in [2.24, 2.45) is 0 Å². The summed E-state index contributed by atoms with van der Waals surface area (Å²) in [4.78, 5) is 41.4. The van der Waals surface area contributed by atoms with Gasteiger partial charge in [0.25, 0.3) is 0 Å². The fraction of sp³-hybridized carbons (Fsp3) is 0.455. The maximum atomic E-state index is 12.2. The molecule has 19 heavy (non-hydrogen) atoms. The molecule has 0 amide bonds. The Balaban J connectivity index is 2.85. The SMILES string of the molecule is CCOC(=O)n1c(=O)n(C(C)C)c2nc(=O)[nH]cc21. The summed E-state index contributed by atoms with van der Waals surface area (Å²) in [5, 5.41) is 0. The van der Waals surface area contributed by atoms with Crippen molar-refractivity contribution in [3.8, 4) is 0 Å². The molecule has 0 radical (unpaired) electrons. The number of nitrogens with one attached hydrogen (secondary N) is 1. The van der Waals surface area contributed by atoms with Gasteiger partial charge in [-0.1, -0.05) is 0 Å². The van der Waals surface area contributed by atoms with Gasteiger partial charge < -0.3 is 9.72 Å². The summed E-state index contributed by atoms with van der Waals surface area (Å²) in [5.41, 5.74) is -0.772. The second-order valence-corrected chi connectivity index (χ2v) is 4.20. The molecule has 0 fully saturated rings. The summed E-state index contributed by atoms with van der Waals surface area (Å²) in [7, 11) is 0. The van der Waals surface area contributed by atoms with Crippen LogP contribution in [0.25, 0.3) is 11.2 Å². The number of carbonyl (C=O) groups is 1. The number of aromatic amines is 1. The average Bonchev–Trinajstić information content (AvgIpc) is 2.60. The normalized spacial score (nSPS) is 11.2. The van der Waals surface area contributed by atoms with Crippen LogP contribution < -0.4 is 11.4 Å². The molecule has 2 aromatic rings. The number of nitrogens with zero attached hydrogens (tertiary/aromatic N) is 3. The number of hydrogen-bond acceptors (Lipinski definition) is 5. The first-order chi connectivity index (χ1) is 8.97. The van der Waals surface area contributed by atoms with Gasteiger partial charge >= 0.3 is 17.5 Å². The predicted molar refractivity (Wildman–Crippen MR) is 67.4 cm³/mol. The molecule has 0 bridgehead atoms. The minimum absolute atomic E-state index is 0.149. The van der Waals surface area contributed by atoms with Crippen molar-refractivity contribution in [1.29, 1.82) is 0 Å². The topological polar surface area (TPSA) is 99.0 Å². The lowest BCUT2D eigenvalue weighted by molar-refractivity contribution is 0.153. The molecule has 0 aliphatic carbocycles. The Hall–Kier alpha value is -2.38. The highest BCUT2D eigenvalue weighted by Gasteiger charge is 2.22. The summed E-state index contributed by atoms with van der Waals surface area (Å²) in [6.07, 6.45) is 0.493. The van der Waals surface area contributed by atoms with Gasteiger partial charge in [-0.05, 0) is 20.8 Å². The summed E-state index contributed by atoms with van der Waals surface area (Å²) in [6, 6.07) is -0.236. The predicted octanol–water partition coefficient (Wildman–Crippen LogP) is 0.472. The van der Waals surface area contributed by atoms with E-state index in [0.29, 0.717) is 0 Å². The van der Waals surface area contributed by atoms with Crippen LogP contribution in [0.2, 0.25) is 0 Å². The van der Waals surface area contributed by atoms with Crippen LogP contribution in [0.4, 0.5) is 4.79 Å². The monoisotopic (exact) mass is 266 g/mol. The third-order valence-electron chi connectivity index (χ3n) is 2.60. The fourth-order valence-corrected chi connectivity index (χ4v) is 1.85. The molecule has 0 spiro atoms. The third kappa shape index (κ3) is 2.05. The molecule has 8 heteroatoms. The van der Waals surface area contributed by atoms with E-state index in [9.17, 15) is 14.4 Å². The standard InChI is InChI=1S/C11H14N4O4/c1-4-19-11(18)15-7-5-12-9(16)13-8(7)14(6(2)3)10(15)17/h5-6H,4H2,1-3H3,(H,12,13,16). The minimum Gasteiger partial charge on any atom is -0.449 e. The van der Waals surface area contributed by atoms with Crippen LogP contribution in [0.15, 0.2) is 15.8 Å². The number of imidazole rings is 1. The van der Waals surface area contributed by atoms with Gasteiger partial charge in [0.05, 0.1) is 6.61 Å². The molecule has 0 atom stereocenters. The van der Waals surface area contributed by atoms with Crippen molar-refractivity contribution in [1.82, 2.24) is 19.1 Å². The van der Waals surface area contributed by atoms with Gasteiger partial charge in [-0.3, -0.25) is 4.57 Å². The molecule has 0 saturated carbocycles. The second kappa shape index (κ2) is 4.71. The van der Waals surface area contributed by atoms with Gasteiger partial charge in [0.2, 0.25) is 0 Å². The Labute approximate surface area is 107 Å². The first kappa shape index (κ1) is 13.1. The number of H-pyrrole nitrogens is 1. The van der Waals surface area contributed by atoms with Gasteiger partial charge in [0.15, 0.2) is 5.65 Å². The van der Waals surface area contributed by atoms with Gasteiger partial charge in [0, 0.05) is 12.2 Å². The Morgan fingerprint density at radius 1 is 1.47 bits per heavy atom. The van der Waals surface area contributed by atoms with Crippen LogP contribution in [-0.4, -0.2) is 31.8 Å². The maximum Gasteiger partial charge on any atom is 0.422 e. The molecule has 1 N–H and O–H groups in total. The van der Waals surface area contributed by atoms with Crippen molar-refractivity contribution >= 4 is 17.3 Å². The number of aromatic nitrogens is 4. The van der Waals surface area contributed by atoms with E-state index in [2.05, 4.69) is 9.97 Å². The molecule has 2 heterocycles. The summed E-state index contributed by atoms with van der Waals surface area (Å²) < 4.78 is 6.97. The lowest BCUT2D eigenvalue weighted by atomic mass is 10.4. The van der Waals surface area contributed by atoms with Gasteiger partial charge in [0.1, 0.15) is 5.52 Å². The van der Waals surface area contributed by atoms with Gasteiger partial charge in [-0.25, -0.2) is 14.4 Å². The van der Waals surface area contributed by atoms with Crippen LogP contribution in [0.5, 0.6) is 0 Å². The number of ether oxygens (including phenoxy) is 1. The minimum atomic E-state index is -0.786. The summed E-state index contributed by atoms with van der Waals surface area (Å²) in [6.45, 7) is 5.32. The van der Waals surface area contributed by atoms with Crippen molar-refractivity contribution in [3.05, 3.63) is 27.2 Å². The fourth-order valence-electron chi connectivity index (χ4n) is 1.85. The largest absolute Gasteiger partial charge is 0.449 e. The van der Waals surface area contributed by atoms with Crippen LogP contribution in [-0.2, 0) is 4.74 Å². The van der Waals surface area contributed by atoms with Crippen molar-refractivity contribution in [3.63, 3.8) is 0 Å². The van der Waals surface area contributed by atoms with Crippen molar-refractivity contribution in [2.45, 2.75) is 26.8 Å². The highest BCUT2D eigenvalue weighted by Crippen LogP contribution is 2.12. The molecule has 0 aliphatic heterocycles. The first-order valence-electron chi connectivity index (χ1n) is 5.87. The zero-order valence-corrected chi connectivity index (χ0v) is 10.8. The molecule has 0 aliphatic rings. The van der Waals surface area contributed by atoms with Crippen LogP contribution in [0.1, 0.15) is 26.8 Å². The Morgan fingerprint density at radius 3 is 2.74 bits per heavy atom. The number of hydrogen-bond donors (Lipinski definition) is 1. The van der Waals surface area contributed by atoms with Crippen molar-refractivity contribution < 1.29 is 9.53 Å². The van der Waals surface area contributed by atoms with E-state index < -0.39 is 17.5 Å². The molecule has 0 saturated heterocycles. The zero-order chi connectivity index (χ0) is 14.2. The Morgan fingerprint density at radius 2 is 2.16 bits per heavy atom. The van der Waals surface area contributed by atoms with E-state index in [1.54, 1.807) is 20.8 Å². The third-order valence-corrected chi connectivity index (χ3v) is 2.60. The zero-order valence-electron chi connectivity index (χ0n) is 10.8. The Kier molecular flexibility index (Phi) is 3.24. The first-order valence-corrected chi connectivity index (χ1v) is 5.87. The van der Waals surface area contributed by atoms with Crippen LogP contribution >= 0.6 is 0 Å². The molecular weight excluding hydrogens is 252 g/mol. The number of carbonyl (C=O) groups excluding carboxylic acids is 1. The van der Waals surface area contributed by atoms with E-state index in [4.69, 9.17) is 4.74 Å². The van der Waals surface area contributed by atoms with Crippen LogP contribution in [0.3, 0.4) is 0 Å². The lowest BCUT2D eigenvalue weighted by Gasteiger charge is -2.04. The average molecular weight is 266 g/mol. The maximum absolute atomic E-state index is 12.2. The molecule has 2 aromatic heterocycles. The van der Waals surface area contributed by atoms with Crippen LogP contribution in [0, 0.1) is 0 Å². The van der Waals surface area contributed by atoms with Gasteiger partial charge in [-0.2, -0.15) is 9.55 Å². The Bertz CT molecular complexity index is 737. The molecule has 102 valence electrons. The molecule has 8 nitrogen and oxygen atoms in total. The highest BCUT2D eigenvalue weighted by molar-refractivity contribution is 5.84. The van der Waals surface area contributed by atoms with E-state index >= 15 is 0 Å². The van der Waals surface area contributed by atoms with E-state index in [-0.39, 0.29) is 23.8 Å². The van der Waals surface area contributed by atoms with E-state index in [0.717, 1.165) is 4.57 Å². The second-order valence-electron chi connectivity index (χ2n) is 4.20. The lowest BCUT2D eigenvalue weighted by Crippen LogP contribution is -2.30. The molecule has 0 aromatic carbocycles. The van der Waals surface area contributed by atoms with E-state index in [1.807, 2.05) is 0 Å². The summed E-state index contributed by atoms with van der Waals surface area (Å²) >= 11 is 0. The molecular formula is C11H14N4O4. The van der Waals surface area contributed by atoms with Crippen molar-refractivity contribution in [2.75, 3.05) is 6.61 Å². The number of fused-ring (bicyclic) bond motifs is 1. The van der Waals surface area contributed by atoms with E-state index in [1.165, 1.54) is 10.8 Å². The highest BCUT2D eigenvalue weighted by atomic mass is 16.5. The van der Waals surface area contributed by atoms with Gasteiger partial charge in [-0.15, -0.1) is 0 Å². The molecule has 0 unspecified atom stereocenters. The smallest absolute Gasteiger partial charge is 0.422 e. The quantitative estimate of drug-likeness (QED) is 0.851. The number of rotatable bonds is 2.